The largest absolute Gasteiger partial charge is 0.386 e. The van der Waals surface area contributed by atoms with Gasteiger partial charge in [-0.2, -0.15) is 5.10 Å². The van der Waals surface area contributed by atoms with Crippen molar-refractivity contribution < 1.29 is 8.42 Å². The number of hydrogen-bond donors (Lipinski definition) is 4. The Hall–Kier alpha value is -1.41. The first-order valence-electron chi connectivity index (χ1n) is 5.54. The number of nitrogens with one attached hydrogen (secondary N) is 3. The molecule has 0 fully saturated rings. The van der Waals surface area contributed by atoms with Crippen LogP contribution in [-0.2, 0) is 10.0 Å². The predicted octanol–water partition coefficient (Wildman–Crippen LogP) is 0.265. The molecule has 0 aliphatic rings. The van der Waals surface area contributed by atoms with Crippen molar-refractivity contribution in [1.82, 2.24) is 14.9 Å². The number of aromatic amines is 1. The van der Waals surface area contributed by atoms with Gasteiger partial charge in [-0.1, -0.05) is 13.8 Å². The molecule has 7 nitrogen and oxygen atoms in total. The summed E-state index contributed by atoms with van der Waals surface area (Å²) in [5.74, 6) is -0.308. The summed E-state index contributed by atoms with van der Waals surface area (Å²) in [4.78, 5) is 0.120. The average molecular weight is 273 g/mol. The molecule has 8 heteroatoms. The van der Waals surface area contributed by atoms with Crippen LogP contribution in [0.25, 0.3) is 0 Å². The molecule has 102 valence electrons. The van der Waals surface area contributed by atoms with E-state index in [1.165, 1.54) is 0 Å². The van der Waals surface area contributed by atoms with E-state index in [1.54, 1.807) is 27.7 Å². The van der Waals surface area contributed by atoms with Crippen LogP contribution in [0.5, 0.6) is 0 Å². The van der Waals surface area contributed by atoms with Gasteiger partial charge < -0.3 is 5.73 Å². The lowest BCUT2D eigenvalue weighted by atomic mass is 10.1. The van der Waals surface area contributed by atoms with E-state index < -0.39 is 16.1 Å². The van der Waals surface area contributed by atoms with Crippen molar-refractivity contribution in [2.75, 3.05) is 0 Å². The number of hydrogen-bond acceptors (Lipinski definition) is 4. The number of nitrogens with zero attached hydrogens (tertiary/aromatic N) is 1. The molecule has 1 aromatic rings. The zero-order chi connectivity index (χ0) is 14.1. The van der Waals surface area contributed by atoms with Crippen molar-refractivity contribution >= 4 is 15.9 Å². The molecule has 0 aliphatic carbocycles. The van der Waals surface area contributed by atoms with Gasteiger partial charge in [-0.15, -0.1) is 0 Å². The maximum Gasteiger partial charge on any atom is 0.244 e. The van der Waals surface area contributed by atoms with Gasteiger partial charge >= 0.3 is 0 Å². The molecule has 1 rings (SSSR count). The minimum atomic E-state index is -3.73. The minimum absolute atomic E-state index is 0.107. The molecule has 18 heavy (non-hydrogen) atoms. The molecule has 1 unspecified atom stereocenters. The third kappa shape index (κ3) is 2.88. The fourth-order valence-corrected chi connectivity index (χ4v) is 3.46. The number of aryl methyl sites for hydroxylation is 2. The predicted molar refractivity (Wildman–Crippen MR) is 68.9 cm³/mol. The Balaban J connectivity index is 3.13. The van der Waals surface area contributed by atoms with Gasteiger partial charge in [0.2, 0.25) is 10.0 Å². The normalized spacial score (nSPS) is 13.8. The van der Waals surface area contributed by atoms with Gasteiger partial charge in [0.25, 0.3) is 0 Å². The topological polar surface area (TPSA) is 125 Å². The first-order valence-corrected chi connectivity index (χ1v) is 7.03. The number of nitrogens with two attached hydrogens (primary N) is 1. The summed E-state index contributed by atoms with van der Waals surface area (Å²) in [5.41, 5.74) is 6.27. The highest BCUT2D eigenvalue weighted by Crippen LogP contribution is 2.17. The molecule has 5 N–H and O–H groups in total. The van der Waals surface area contributed by atoms with Crippen molar-refractivity contribution in [2.24, 2.45) is 11.7 Å². The number of sulfonamides is 1. The van der Waals surface area contributed by atoms with Gasteiger partial charge in [-0.05, 0) is 19.8 Å². The summed E-state index contributed by atoms with van der Waals surface area (Å²) < 4.78 is 26.9. The second kappa shape index (κ2) is 5.07. The Morgan fingerprint density at radius 3 is 2.33 bits per heavy atom. The molecule has 0 amide bonds. The Kier molecular flexibility index (Phi) is 4.12. The van der Waals surface area contributed by atoms with E-state index in [0.29, 0.717) is 11.4 Å². The van der Waals surface area contributed by atoms with E-state index in [-0.39, 0.29) is 16.6 Å². The summed E-state index contributed by atoms with van der Waals surface area (Å²) in [5, 5.41) is 13.9. The minimum Gasteiger partial charge on any atom is -0.386 e. The van der Waals surface area contributed by atoms with Crippen LogP contribution in [-0.4, -0.2) is 30.5 Å². The Labute approximate surface area is 107 Å². The average Bonchev–Trinajstić information content (AvgIpc) is 2.54. The van der Waals surface area contributed by atoms with E-state index in [4.69, 9.17) is 11.1 Å². The number of aromatic nitrogens is 2. The van der Waals surface area contributed by atoms with E-state index in [1.807, 2.05) is 0 Å². The zero-order valence-electron chi connectivity index (χ0n) is 10.9. The van der Waals surface area contributed by atoms with Crippen LogP contribution in [0.15, 0.2) is 4.90 Å². The highest BCUT2D eigenvalue weighted by molar-refractivity contribution is 7.89. The van der Waals surface area contributed by atoms with E-state index >= 15 is 0 Å². The molecular formula is C10H19N5O2S. The van der Waals surface area contributed by atoms with Crippen molar-refractivity contribution in [3.05, 3.63) is 11.4 Å². The molecule has 0 spiro atoms. The summed E-state index contributed by atoms with van der Waals surface area (Å²) in [6.07, 6.45) is 0. The summed E-state index contributed by atoms with van der Waals surface area (Å²) in [6, 6.07) is -0.719. The Morgan fingerprint density at radius 1 is 1.44 bits per heavy atom. The molecule has 1 aromatic heterocycles. The number of rotatable bonds is 5. The van der Waals surface area contributed by atoms with E-state index in [9.17, 15) is 8.42 Å². The van der Waals surface area contributed by atoms with Gasteiger partial charge in [0.05, 0.1) is 17.4 Å². The van der Waals surface area contributed by atoms with Crippen molar-refractivity contribution in [3.63, 3.8) is 0 Å². The zero-order valence-corrected chi connectivity index (χ0v) is 11.7. The fraction of sp³-hybridized carbons (Fsp3) is 0.600. The monoisotopic (exact) mass is 273 g/mol. The van der Waals surface area contributed by atoms with Crippen LogP contribution < -0.4 is 10.5 Å². The molecule has 0 aliphatic heterocycles. The molecule has 0 radical (unpaired) electrons. The second-order valence-electron chi connectivity index (χ2n) is 4.56. The molecule has 1 heterocycles. The Bertz CT molecular complexity index is 527. The summed E-state index contributed by atoms with van der Waals surface area (Å²) in [7, 11) is -3.73. The molecule has 0 bridgehead atoms. The van der Waals surface area contributed by atoms with E-state index in [2.05, 4.69) is 14.9 Å². The van der Waals surface area contributed by atoms with Crippen molar-refractivity contribution in [1.29, 1.82) is 5.41 Å². The quantitative estimate of drug-likeness (QED) is 0.453. The molecular weight excluding hydrogens is 254 g/mol. The van der Waals surface area contributed by atoms with Crippen LogP contribution in [0.1, 0.15) is 25.2 Å². The Morgan fingerprint density at radius 2 is 2.00 bits per heavy atom. The van der Waals surface area contributed by atoms with Gasteiger partial charge in [0.15, 0.2) is 0 Å². The maximum atomic E-state index is 12.2. The number of amidine groups is 1. The molecule has 1 atom stereocenters. The van der Waals surface area contributed by atoms with Crippen LogP contribution >= 0.6 is 0 Å². The van der Waals surface area contributed by atoms with Crippen LogP contribution in [0, 0.1) is 25.2 Å². The molecule has 0 aromatic carbocycles. The lowest BCUT2D eigenvalue weighted by Gasteiger charge is -2.20. The molecule has 0 saturated heterocycles. The first-order chi connectivity index (χ1) is 8.16. The highest BCUT2D eigenvalue weighted by Gasteiger charge is 2.28. The van der Waals surface area contributed by atoms with Gasteiger partial charge in [0, 0.05) is 0 Å². The smallest absolute Gasteiger partial charge is 0.244 e. The van der Waals surface area contributed by atoms with Crippen LogP contribution in [0.3, 0.4) is 0 Å². The fourth-order valence-electron chi connectivity index (χ4n) is 1.72. The maximum absolute atomic E-state index is 12.2. The summed E-state index contributed by atoms with van der Waals surface area (Å²) >= 11 is 0. The van der Waals surface area contributed by atoms with Gasteiger partial charge in [-0.25, -0.2) is 13.1 Å². The first kappa shape index (κ1) is 14.7. The SMILES string of the molecule is Cc1n[nH]c(C)c1S(=O)(=O)NC(C(=N)N)C(C)C. The third-order valence-corrected chi connectivity index (χ3v) is 4.32. The second-order valence-corrected chi connectivity index (χ2v) is 6.21. The lowest BCUT2D eigenvalue weighted by Crippen LogP contribution is -2.47. The third-order valence-electron chi connectivity index (χ3n) is 2.61. The van der Waals surface area contributed by atoms with Crippen molar-refractivity contribution in [2.45, 2.75) is 38.6 Å². The lowest BCUT2D eigenvalue weighted by molar-refractivity contribution is 0.521. The van der Waals surface area contributed by atoms with Crippen molar-refractivity contribution in [3.8, 4) is 0 Å². The van der Waals surface area contributed by atoms with E-state index in [0.717, 1.165) is 0 Å². The highest BCUT2D eigenvalue weighted by atomic mass is 32.2. The number of H-pyrrole nitrogens is 1. The van der Waals surface area contributed by atoms with Gasteiger partial charge in [-0.3, -0.25) is 10.5 Å². The standard InChI is InChI=1S/C10H19N5O2S/c1-5(2)8(10(11)12)15-18(16,17)9-6(3)13-14-7(9)4/h5,8,15H,1-4H3,(H3,11,12)(H,13,14). The molecule has 0 saturated carbocycles. The van der Waals surface area contributed by atoms with Gasteiger partial charge in [0.1, 0.15) is 10.7 Å². The van der Waals surface area contributed by atoms with Crippen LogP contribution in [0.2, 0.25) is 0 Å². The van der Waals surface area contributed by atoms with Crippen LogP contribution in [0.4, 0.5) is 0 Å². The summed E-state index contributed by atoms with van der Waals surface area (Å²) in [6.45, 7) is 6.83.